The van der Waals surface area contributed by atoms with Gasteiger partial charge in [-0.1, -0.05) is 20.3 Å². The minimum Gasteiger partial charge on any atom is -0.401 e. The van der Waals surface area contributed by atoms with Crippen LogP contribution in [0, 0.1) is 5.92 Å². The number of hydrogen-bond donors (Lipinski definition) is 1. The van der Waals surface area contributed by atoms with E-state index in [1.165, 1.54) is 36.3 Å². The Hall–Kier alpha value is -0.110. The molecule has 0 saturated carbocycles. The largest absolute Gasteiger partial charge is 0.401 e. The molecule has 1 nitrogen and oxygen atoms in total. The van der Waals surface area contributed by atoms with E-state index >= 15 is 0 Å². The second-order valence-electron chi connectivity index (χ2n) is 3.46. The molecule has 1 aliphatic rings. The zero-order chi connectivity index (χ0) is 8.97. The molecule has 1 aliphatic carbocycles. The maximum absolute atomic E-state index is 6.07. The van der Waals surface area contributed by atoms with Crippen LogP contribution in [0.25, 0.3) is 0 Å². The van der Waals surface area contributed by atoms with Gasteiger partial charge in [-0.15, -0.1) is 11.8 Å². The lowest BCUT2D eigenvalue weighted by molar-refractivity contribution is 0.579. The number of allylic oxidation sites excluding steroid dienone is 2. The molecule has 2 heteroatoms. The van der Waals surface area contributed by atoms with Crippen molar-refractivity contribution < 1.29 is 0 Å². The Balaban J connectivity index is 2.67. The van der Waals surface area contributed by atoms with Gasteiger partial charge in [-0.05, 0) is 30.9 Å². The fourth-order valence-corrected chi connectivity index (χ4v) is 2.65. The monoisotopic (exact) mass is 185 g/mol. The molecule has 2 N–H and O–H groups in total. The molecule has 1 unspecified atom stereocenters. The number of nitrogens with two attached hydrogens (primary N) is 1. The van der Waals surface area contributed by atoms with Crippen molar-refractivity contribution in [2.45, 2.75) is 39.5 Å². The van der Waals surface area contributed by atoms with Gasteiger partial charge in [0.1, 0.15) is 0 Å². The molecule has 0 aromatic rings. The minimum absolute atomic E-state index is 0.613. The van der Waals surface area contributed by atoms with Gasteiger partial charge in [0.25, 0.3) is 0 Å². The lowest BCUT2D eigenvalue weighted by atomic mass is 10.0. The van der Waals surface area contributed by atoms with Crippen LogP contribution in [0.4, 0.5) is 0 Å². The van der Waals surface area contributed by atoms with Crippen LogP contribution in [-0.2, 0) is 0 Å². The van der Waals surface area contributed by atoms with Gasteiger partial charge < -0.3 is 5.73 Å². The zero-order valence-corrected chi connectivity index (χ0v) is 8.91. The maximum Gasteiger partial charge on any atom is 0.0206 e. The first-order chi connectivity index (χ1) is 5.75. The van der Waals surface area contributed by atoms with Crippen LogP contribution >= 0.6 is 11.8 Å². The molecule has 0 amide bonds. The second kappa shape index (κ2) is 4.80. The van der Waals surface area contributed by atoms with Crippen LogP contribution < -0.4 is 5.73 Å². The Morgan fingerprint density at radius 3 is 2.92 bits per heavy atom. The summed E-state index contributed by atoms with van der Waals surface area (Å²) in [5.41, 5.74) is 7.23. The van der Waals surface area contributed by atoms with Crippen molar-refractivity contribution in [3.8, 4) is 0 Å². The standard InChI is InChI=1S/C10H19NS/c1-3-12-9-7-5-4-6-8(2)10(9)11/h8H,3-7,11H2,1-2H3. The summed E-state index contributed by atoms with van der Waals surface area (Å²) in [6.07, 6.45) is 5.16. The predicted octanol–water partition coefficient (Wildman–Crippen LogP) is 3.12. The van der Waals surface area contributed by atoms with E-state index in [1.807, 2.05) is 11.8 Å². The van der Waals surface area contributed by atoms with E-state index in [4.69, 9.17) is 5.73 Å². The van der Waals surface area contributed by atoms with Crippen molar-refractivity contribution in [3.05, 3.63) is 10.6 Å². The van der Waals surface area contributed by atoms with Crippen LogP contribution in [0.3, 0.4) is 0 Å². The van der Waals surface area contributed by atoms with Gasteiger partial charge in [-0.2, -0.15) is 0 Å². The number of rotatable bonds is 2. The maximum atomic E-state index is 6.07. The molecule has 0 aromatic heterocycles. The molecular formula is C10H19NS. The molecule has 0 saturated heterocycles. The van der Waals surface area contributed by atoms with Crippen LogP contribution in [0.2, 0.25) is 0 Å². The van der Waals surface area contributed by atoms with E-state index in [9.17, 15) is 0 Å². The van der Waals surface area contributed by atoms with Gasteiger partial charge in [0.2, 0.25) is 0 Å². The van der Waals surface area contributed by atoms with Gasteiger partial charge in [0.05, 0.1) is 0 Å². The molecule has 1 rings (SSSR count). The lowest BCUT2D eigenvalue weighted by Crippen LogP contribution is -2.09. The first kappa shape index (κ1) is 9.97. The Morgan fingerprint density at radius 1 is 1.50 bits per heavy atom. The SMILES string of the molecule is CCSC1=C(N)C(C)CCCC1. The highest BCUT2D eigenvalue weighted by molar-refractivity contribution is 8.03. The first-order valence-corrected chi connectivity index (χ1v) is 5.85. The molecular weight excluding hydrogens is 166 g/mol. The first-order valence-electron chi connectivity index (χ1n) is 4.87. The number of hydrogen-bond acceptors (Lipinski definition) is 2. The summed E-state index contributed by atoms with van der Waals surface area (Å²) in [5.74, 6) is 1.77. The van der Waals surface area contributed by atoms with Crippen molar-refractivity contribution in [2.24, 2.45) is 11.7 Å². The summed E-state index contributed by atoms with van der Waals surface area (Å²) >= 11 is 1.93. The second-order valence-corrected chi connectivity index (χ2v) is 4.82. The number of thioether (sulfide) groups is 1. The van der Waals surface area contributed by atoms with E-state index < -0.39 is 0 Å². The molecule has 0 spiro atoms. The highest BCUT2D eigenvalue weighted by atomic mass is 32.2. The molecule has 0 aliphatic heterocycles. The molecule has 12 heavy (non-hydrogen) atoms. The molecule has 0 radical (unpaired) electrons. The van der Waals surface area contributed by atoms with Gasteiger partial charge in [-0.3, -0.25) is 0 Å². The molecule has 1 atom stereocenters. The van der Waals surface area contributed by atoms with Crippen LogP contribution in [0.1, 0.15) is 39.5 Å². The van der Waals surface area contributed by atoms with E-state index in [2.05, 4.69) is 13.8 Å². The average Bonchev–Trinajstić information content (AvgIpc) is 2.20. The fourth-order valence-electron chi connectivity index (χ4n) is 1.64. The highest BCUT2D eigenvalue weighted by Crippen LogP contribution is 2.31. The quantitative estimate of drug-likeness (QED) is 0.715. The summed E-state index contributed by atoms with van der Waals surface area (Å²) in [7, 11) is 0. The topological polar surface area (TPSA) is 26.0 Å². The van der Waals surface area contributed by atoms with Gasteiger partial charge in [0.15, 0.2) is 0 Å². The molecule has 0 aromatic carbocycles. The Kier molecular flexibility index (Phi) is 3.99. The smallest absolute Gasteiger partial charge is 0.0206 e. The summed E-state index contributed by atoms with van der Waals surface area (Å²) < 4.78 is 0. The van der Waals surface area contributed by atoms with Crippen molar-refractivity contribution in [1.29, 1.82) is 0 Å². The summed E-state index contributed by atoms with van der Waals surface area (Å²) in [5, 5.41) is 0. The third-order valence-electron chi connectivity index (χ3n) is 2.46. The highest BCUT2D eigenvalue weighted by Gasteiger charge is 2.14. The molecule has 0 bridgehead atoms. The predicted molar refractivity (Wildman–Crippen MR) is 57.0 cm³/mol. The Bertz CT molecular complexity index is 175. The molecule has 0 heterocycles. The summed E-state index contributed by atoms with van der Waals surface area (Å²) in [6.45, 7) is 4.44. The van der Waals surface area contributed by atoms with Crippen molar-refractivity contribution >= 4 is 11.8 Å². The Morgan fingerprint density at radius 2 is 2.25 bits per heavy atom. The summed E-state index contributed by atoms with van der Waals surface area (Å²) in [4.78, 5) is 1.46. The summed E-state index contributed by atoms with van der Waals surface area (Å²) in [6, 6.07) is 0. The van der Waals surface area contributed by atoms with Crippen LogP contribution in [0.15, 0.2) is 10.6 Å². The third-order valence-corrected chi connectivity index (χ3v) is 3.54. The zero-order valence-electron chi connectivity index (χ0n) is 8.10. The van der Waals surface area contributed by atoms with E-state index in [1.54, 1.807) is 0 Å². The van der Waals surface area contributed by atoms with Crippen LogP contribution in [-0.4, -0.2) is 5.75 Å². The average molecular weight is 185 g/mol. The van der Waals surface area contributed by atoms with E-state index in [0.29, 0.717) is 5.92 Å². The van der Waals surface area contributed by atoms with Crippen LogP contribution in [0.5, 0.6) is 0 Å². The van der Waals surface area contributed by atoms with Crippen molar-refractivity contribution in [3.63, 3.8) is 0 Å². The van der Waals surface area contributed by atoms with Gasteiger partial charge in [-0.25, -0.2) is 0 Å². The van der Waals surface area contributed by atoms with E-state index in [0.717, 1.165) is 5.75 Å². The van der Waals surface area contributed by atoms with Gasteiger partial charge >= 0.3 is 0 Å². The third kappa shape index (κ3) is 2.44. The fraction of sp³-hybridized carbons (Fsp3) is 0.800. The minimum atomic E-state index is 0.613. The normalized spacial score (nSPS) is 25.7. The van der Waals surface area contributed by atoms with Gasteiger partial charge in [0, 0.05) is 10.6 Å². The van der Waals surface area contributed by atoms with Crippen molar-refractivity contribution in [1.82, 2.24) is 0 Å². The lowest BCUT2D eigenvalue weighted by Gasteiger charge is -2.12. The molecule has 70 valence electrons. The van der Waals surface area contributed by atoms with E-state index in [-0.39, 0.29) is 0 Å². The Labute approximate surface area is 79.8 Å². The molecule has 0 fully saturated rings. The van der Waals surface area contributed by atoms with Crippen molar-refractivity contribution in [2.75, 3.05) is 5.75 Å².